The van der Waals surface area contributed by atoms with Crippen LogP contribution in [0.5, 0.6) is 11.5 Å². The predicted molar refractivity (Wildman–Crippen MR) is 116 cm³/mol. The second kappa shape index (κ2) is 12.2. The zero-order chi connectivity index (χ0) is 22.8. The lowest BCUT2D eigenvalue weighted by molar-refractivity contribution is -0.145. The van der Waals surface area contributed by atoms with Gasteiger partial charge >= 0.3 is 5.97 Å². The Balaban J connectivity index is 2.09. The summed E-state index contributed by atoms with van der Waals surface area (Å²) >= 11 is 0. The van der Waals surface area contributed by atoms with Gasteiger partial charge in [0.1, 0.15) is 0 Å². The fraction of sp³-hybridized carbons (Fsp3) is 0.609. The topological polar surface area (TPSA) is 85.4 Å². The number of benzene rings is 1. The maximum absolute atomic E-state index is 13.0. The smallest absolute Gasteiger partial charge is 0.310 e. The molecule has 1 saturated heterocycles. The highest BCUT2D eigenvalue weighted by Crippen LogP contribution is 2.29. The van der Waals surface area contributed by atoms with Gasteiger partial charge in [-0.1, -0.05) is 6.92 Å². The number of methoxy groups -OCH3 is 1. The van der Waals surface area contributed by atoms with Crippen LogP contribution in [0.4, 0.5) is 0 Å². The van der Waals surface area contributed by atoms with E-state index in [-0.39, 0.29) is 30.9 Å². The second-order valence-corrected chi connectivity index (χ2v) is 7.59. The predicted octanol–water partition coefficient (Wildman–Crippen LogP) is 2.75. The Labute approximate surface area is 184 Å². The van der Waals surface area contributed by atoms with Crippen molar-refractivity contribution >= 4 is 17.8 Å². The van der Waals surface area contributed by atoms with Crippen molar-refractivity contribution in [3.8, 4) is 11.5 Å². The lowest BCUT2D eigenvalue weighted by Crippen LogP contribution is -2.38. The van der Waals surface area contributed by atoms with Crippen molar-refractivity contribution < 1.29 is 28.6 Å². The first-order valence-electron chi connectivity index (χ1n) is 11.0. The molecule has 2 amide bonds. The Morgan fingerprint density at radius 3 is 2.39 bits per heavy atom. The van der Waals surface area contributed by atoms with Gasteiger partial charge in [-0.2, -0.15) is 0 Å². The largest absolute Gasteiger partial charge is 0.490 e. The van der Waals surface area contributed by atoms with Crippen molar-refractivity contribution in [2.24, 2.45) is 5.92 Å². The first-order chi connectivity index (χ1) is 14.9. The fourth-order valence-electron chi connectivity index (χ4n) is 3.55. The quantitative estimate of drug-likeness (QED) is 0.527. The molecule has 1 aliphatic rings. The highest BCUT2D eigenvalue weighted by Gasteiger charge is 2.23. The Morgan fingerprint density at radius 2 is 1.77 bits per heavy atom. The highest BCUT2D eigenvalue weighted by atomic mass is 16.5. The Hall–Kier alpha value is -2.77. The minimum absolute atomic E-state index is 0.0451. The summed E-state index contributed by atoms with van der Waals surface area (Å²) in [6, 6.07) is 4.92. The van der Waals surface area contributed by atoms with E-state index in [1.807, 2.05) is 18.7 Å². The summed E-state index contributed by atoms with van der Waals surface area (Å²) in [6.07, 6.45) is 3.20. The molecule has 0 N–H and O–H groups in total. The number of hydrogen-bond acceptors (Lipinski definition) is 6. The number of hydrogen-bond donors (Lipinski definition) is 0. The van der Waals surface area contributed by atoms with Crippen molar-refractivity contribution in [2.75, 3.05) is 46.5 Å². The molecule has 0 aromatic heterocycles. The van der Waals surface area contributed by atoms with E-state index in [1.165, 1.54) is 7.11 Å². The summed E-state index contributed by atoms with van der Waals surface area (Å²) in [5, 5.41) is 0. The van der Waals surface area contributed by atoms with Crippen LogP contribution in [-0.2, 0) is 14.3 Å². The number of esters is 1. The summed E-state index contributed by atoms with van der Waals surface area (Å²) in [5.74, 6) is -0.204. The second-order valence-electron chi connectivity index (χ2n) is 7.59. The van der Waals surface area contributed by atoms with Gasteiger partial charge in [-0.15, -0.1) is 0 Å². The van der Waals surface area contributed by atoms with Gasteiger partial charge in [-0.3, -0.25) is 14.4 Å². The Bertz CT molecular complexity index is 760. The number of nitrogens with zero attached hydrogens (tertiary/aromatic N) is 2. The van der Waals surface area contributed by atoms with Gasteiger partial charge in [0.25, 0.3) is 11.8 Å². The third kappa shape index (κ3) is 6.87. The van der Waals surface area contributed by atoms with E-state index in [4.69, 9.17) is 14.2 Å². The summed E-state index contributed by atoms with van der Waals surface area (Å²) < 4.78 is 16.2. The van der Waals surface area contributed by atoms with Crippen LogP contribution in [0.2, 0.25) is 0 Å². The summed E-state index contributed by atoms with van der Waals surface area (Å²) in [4.78, 5) is 40.5. The molecule has 1 fully saturated rings. The van der Waals surface area contributed by atoms with Gasteiger partial charge in [0.05, 0.1) is 19.6 Å². The number of likely N-dealkylation sites (tertiary alicyclic amines) is 1. The maximum atomic E-state index is 13.0. The molecule has 8 nitrogen and oxygen atoms in total. The molecule has 0 spiro atoms. The number of amides is 2. The normalized spacial score (nSPS) is 14.5. The zero-order valence-electron chi connectivity index (χ0n) is 19.0. The van der Waals surface area contributed by atoms with Crippen molar-refractivity contribution in [1.29, 1.82) is 0 Å². The molecule has 1 atom stereocenters. The first kappa shape index (κ1) is 24.5. The molecule has 1 heterocycles. The Kier molecular flexibility index (Phi) is 9.62. The van der Waals surface area contributed by atoms with Gasteiger partial charge in [0.2, 0.25) is 0 Å². The molecule has 0 bridgehead atoms. The third-order valence-corrected chi connectivity index (χ3v) is 5.32. The molecule has 1 aromatic carbocycles. The van der Waals surface area contributed by atoms with Crippen LogP contribution in [0.15, 0.2) is 18.2 Å². The number of piperidine rings is 1. The average molecular weight is 435 g/mol. The van der Waals surface area contributed by atoms with Gasteiger partial charge in [-0.25, -0.2) is 0 Å². The number of ether oxygens (including phenoxy) is 3. The van der Waals surface area contributed by atoms with Crippen molar-refractivity contribution in [3.63, 3.8) is 0 Å². The summed E-state index contributed by atoms with van der Waals surface area (Å²) in [6.45, 7) is 8.00. The molecule has 31 heavy (non-hydrogen) atoms. The van der Waals surface area contributed by atoms with E-state index in [9.17, 15) is 14.4 Å². The molecular formula is C23H34N2O6. The fourth-order valence-corrected chi connectivity index (χ4v) is 3.55. The van der Waals surface area contributed by atoms with Crippen LogP contribution in [0.1, 0.15) is 50.4 Å². The lowest BCUT2D eigenvalue weighted by Gasteiger charge is -2.26. The molecular weight excluding hydrogens is 400 g/mol. The molecule has 1 aromatic rings. The van der Waals surface area contributed by atoms with E-state index in [0.29, 0.717) is 30.2 Å². The molecule has 1 unspecified atom stereocenters. The lowest BCUT2D eigenvalue weighted by atomic mass is 10.1. The highest BCUT2D eigenvalue weighted by molar-refractivity contribution is 5.95. The SMILES string of the molecule is CCOc1cc(C(=O)N(CC)CC(C)C(=O)OC)ccc1OCC(=O)N1CCCCC1. The average Bonchev–Trinajstić information content (AvgIpc) is 2.81. The number of carbonyl (C=O) groups is 3. The maximum Gasteiger partial charge on any atom is 0.310 e. The van der Waals surface area contributed by atoms with E-state index in [2.05, 4.69) is 0 Å². The molecule has 0 saturated carbocycles. The van der Waals surface area contributed by atoms with Gasteiger partial charge in [0, 0.05) is 31.7 Å². The van der Waals surface area contributed by atoms with Gasteiger partial charge in [0.15, 0.2) is 18.1 Å². The van der Waals surface area contributed by atoms with Crippen LogP contribution in [0, 0.1) is 5.92 Å². The molecule has 0 radical (unpaired) electrons. The summed E-state index contributed by atoms with van der Waals surface area (Å²) in [5.41, 5.74) is 0.428. The van der Waals surface area contributed by atoms with Crippen LogP contribution < -0.4 is 9.47 Å². The molecule has 1 aliphatic heterocycles. The van der Waals surface area contributed by atoms with E-state index < -0.39 is 5.92 Å². The van der Waals surface area contributed by atoms with Crippen molar-refractivity contribution in [1.82, 2.24) is 9.80 Å². The van der Waals surface area contributed by atoms with E-state index in [0.717, 1.165) is 32.4 Å². The minimum atomic E-state index is -0.427. The molecule has 2 rings (SSSR count). The van der Waals surface area contributed by atoms with Crippen LogP contribution in [0.25, 0.3) is 0 Å². The van der Waals surface area contributed by atoms with E-state index >= 15 is 0 Å². The minimum Gasteiger partial charge on any atom is -0.490 e. The van der Waals surface area contributed by atoms with Crippen molar-refractivity contribution in [3.05, 3.63) is 23.8 Å². The van der Waals surface area contributed by atoms with Crippen LogP contribution >= 0.6 is 0 Å². The number of carbonyl (C=O) groups excluding carboxylic acids is 3. The van der Waals surface area contributed by atoms with Crippen molar-refractivity contribution in [2.45, 2.75) is 40.0 Å². The monoisotopic (exact) mass is 434 g/mol. The van der Waals surface area contributed by atoms with Gasteiger partial charge < -0.3 is 24.0 Å². The van der Waals surface area contributed by atoms with E-state index in [1.54, 1.807) is 30.0 Å². The Morgan fingerprint density at radius 1 is 1.06 bits per heavy atom. The molecule has 8 heteroatoms. The molecule has 0 aliphatic carbocycles. The van der Waals surface area contributed by atoms with Crippen LogP contribution in [-0.4, -0.2) is 74.1 Å². The standard InChI is InChI=1S/C23H34N2O6/c1-5-24(15-17(3)23(28)29-4)22(27)18-10-11-19(20(14-18)30-6-2)31-16-21(26)25-12-8-7-9-13-25/h10-11,14,17H,5-9,12-13,15-16H2,1-4H3. The third-order valence-electron chi connectivity index (χ3n) is 5.32. The zero-order valence-corrected chi connectivity index (χ0v) is 19.0. The summed E-state index contributed by atoms with van der Waals surface area (Å²) in [7, 11) is 1.33. The molecule has 172 valence electrons. The first-order valence-corrected chi connectivity index (χ1v) is 11.0. The number of rotatable bonds is 10. The van der Waals surface area contributed by atoms with Gasteiger partial charge in [-0.05, 0) is 51.3 Å². The van der Waals surface area contributed by atoms with Crippen LogP contribution in [0.3, 0.4) is 0 Å².